The van der Waals surface area contributed by atoms with Gasteiger partial charge >= 0.3 is 0 Å². The lowest BCUT2D eigenvalue weighted by molar-refractivity contribution is 0.439. The molecule has 0 atom stereocenters. The molecule has 0 saturated carbocycles. The van der Waals surface area contributed by atoms with Crippen LogP contribution in [0.5, 0.6) is 5.75 Å². The zero-order valence-electron chi connectivity index (χ0n) is 5.63. The van der Waals surface area contributed by atoms with Gasteiger partial charge in [-0.25, -0.2) is 4.39 Å². The van der Waals surface area contributed by atoms with E-state index < -0.39 is 5.82 Å². The van der Waals surface area contributed by atoms with Crippen molar-refractivity contribution in [1.82, 2.24) is 4.98 Å². The highest BCUT2D eigenvalue weighted by molar-refractivity contribution is 5.85. The van der Waals surface area contributed by atoms with Gasteiger partial charge in [0.25, 0.3) is 0 Å². The number of phenols is 1. The molecule has 0 saturated heterocycles. The molecule has 0 spiro atoms. The minimum absolute atomic E-state index is 0.288. The Morgan fingerprint density at radius 3 is 2.91 bits per heavy atom. The van der Waals surface area contributed by atoms with Gasteiger partial charge in [-0.2, -0.15) is 0 Å². The van der Waals surface area contributed by atoms with Crippen LogP contribution >= 0.6 is 0 Å². The van der Waals surface area contributed by atoms with Crippen LogP contribution in [0.15, 0.2) is 24.4 Å². The third-order valence-electron chi connectivity index (χ3n) is 1.66. The van der Waals surface area contributed by atoms with E-state index in [1.807, 2.05) is 0 Å². The van der Waals surface area contributed by atoms with Crippen molar-refractivity contribution in [2.24, 2.45) is 0 Å². The summed E-state index contributed by atoms with van der Waals surface area (Å²) >= 11 is 0. The van der Waals surface area contributed by atoms with E-state index in [0.717, 1.165) is 5.52 Å². The first kappa shape index (κ1) is 6.22. The molecule has 0 fully saturated rings. The number of aromatic amines is 1. The molecule has 1 heterocycles. The molecule has 56 valence electrons. The third-order valence-corrected chi connectivity index (χ3v) is 1.66. The topological polar surface area (TPSA) is 36.0 Å². The van der Waals surface area contributed by atoms with Crippen molar-refractivity contribution in [1.29, 1.82) is 0 Å². The molecule has 0 aliphatic heterocycles. The molecular formula is C8H6FNO. The average molecular weight is 151 g/mol. The molecular weight excluding hydrogens is 145 g/mol. The SMILES string of the molecule is Oc1c(F)ccc2[nH]ccc12. The van der Waals surface area contributed by atoms with Crippen molar-refractivity contribution in [2.45, 2.75) is 0 Å². The highest BCUT2D eigenvalue weighted by atomic mass is 19.1. The number of phenolic OH excluding ortho intramolecular Hbond substituents is 1. The van der Waals surface area contributed by atoms with Crippen LogP contribution in [0.1, 0.15) is 0 Å². The summed E-state index contributed by atoms with van der Waals surface area (Å²) in [5.41, 5.74) is 0.740. The van der Waals surface area contributed by atoms with Gasteiger partial charge in [-0.15, -0.1) is 0 Å². The van der Waals surface area contributed by atoms with Crippen LogP contribution in [-0.2, 0) is 0 Å². The van der Waals surface area contributed by atoms with Crippen LogP contribution < -0.4 is 0 Å². The van der Waals surface area contributed by atoms with Gasteiger partial charge in [0.1, 0.15) is 0 Å². The predicted molar refractivity (Wildman–Crippen MR) is 39.9 cm³/mol. The second-order valence-corrected chi connectivity index (χ2v) is 2.33. The van der Waals surface area contributed by atoms with Crippen LogP contribution in [-0.4, -0.2) is 10.1 Å². The first-order valence-electron chi connectivity index (χ1n) is 3.23. The maximum Gasteiger partial charge on any atom is 0.165 e. The molecule has 0 aliphatic carbocycles. The normalized spacial score (nSPS) is 10.6. The molecule has 2 nitrogen and oxygen atoms in total. The van der Waals surface area contributed by atoms with E-state index in [4.69, 9.17) is 5.11 Å². The number of halogens is 1. The lowest BCUT2D eigenvalue weighted by Gasteiger charge is -1.94. The highest BCUT2D eigenvalue weighted by Crippen LogP contribution is 2.25. The highest BCUT2D eigenvalue weighted by Gasteiger charge is 2.04. The minimum Gasteiger partial charge on any atom is -0.504 e. The van der Waals surface area contributed by atoms with E-state index in [2.05, 4.69) is 4.98 Å². The first-order valence-corrected chi connectivity index (χ1v) is 3.23. The van der Waals surface area contributed by atoms with Crippen molar-refractivity contribution in [2.75, 3.05) is 0 Å². The van der Waals surface area contributed by atoms with Gasteiger partial charge in [0.2, 0.25) is 0 Å². The van der Waals surface area contributed by atoms with Gasteiger partial charge in [0.15, 0.2) is 11.6 Å². The summed E-state index contributed by atoms with van der Waals surface area (Å²) in [5.74, 6) is -0.874. The third kappa shape index (κ3) is 0.774. The Morgan fingerprint density at radius 1 is 1.27 bits per heavy atom. The lowest BCUT2D eigenvalue weighted by Crippen LogP contribution is -1.75. The zero-order valence-corrected chi connectivity index (χ0v) is 5.63. The van der Waals surface area contributed by atoms with Crippen LogP contribution in [0.25, 0.3) is 10.9 Å². The number of aromatic hydroxyl groups is 1. The van der Waals surface area contributed by atoms with Crippen LogP contribution in [0.4, 0.5) is 4.39 Å². The molecule has 0 unspecified atom stereocenters. The van der Waals surface area contributed by atoms with E-state index in [1.54, 1.807) is 18.3 Å². The standard InChI is InChI=1S/C8H6FNO/c9-6-1-2-7-5(8(6)11)3-4-10-7/h1-4,10-11H. The summed E-state index contributed by atoms with van der Waals surface area (Å²) in [6.45, 7) is 0. The molecule has 1 aromatic heterocycles. The van der Waals surface area contributed by atoms with Gasteiger partial charge in [-0.05, 0) is 18.2 Å². The van der Waals surface area contributed by atoms with Gasteiger partial charge in [-0.3, -0.25) is 0 Å². The summed E-state index contributed by atoms with van der Waals surface area (Å²) in [6, 6.07) is 4.45. The smallest absolute Gasteiger partial charge is 0.165 e. The maximum atomic E-state index is 12.7. The fraction of sp³-hybridized carbons (Fsp3) is 0. The van der Waals surface area contributed by atoms with E-state index >= 15 is 0 Å². The van der Waals surface area contributed by atoms with Gasteiger partial charge < -0.3 is 10.1 Å². The van der Waals surface area contributed by atoms with E-state index in [1.165, 1.54) is 6.07 Å². The molecule has 2 N–H and O–H groups in total. The van der Waals surface area contributed by atoms with E-state index in [0.29, 0.717) is 5.39 Å². The van der Waals surface area contributed by atoms with Crippen molar-refractivity contribution < 1.29 is 9.50 Å². The average Bonchev–Trinajstić information content (AvgIpc) is 2.45. The largest absolute Gasteiger partial charge is 0.504 e. The molecule has 2 aromatic rings. The number of fused-ring (bicyclic) bond motifs is 1. The molecule has 0 radical (unpaired) electrons. The molecule has 1 aromatic carbocycles. The number of benzene rings is 1. The predicted octanol–water partition coefficient (Wildman–Crippen LogP) is 2.01. The molecule has 2 rings (SSSR count). The van der Waals surface area contributed by atoms with E-state index in [-0.39, 0.29) is 5.75 Å². The zero-order chi connectivity index (χ0) is 7.84. The van der Waals surface area contributed by atoms with Crippen LogP contribution in [0, 0.1) is 5.82 Å². The fourth-order valence-electron chi connectivity index (χ4n) is 1.09. The number of hydrogen-bond acceptors (Lipinski definition) is 1. The molecule has 0 bridgehead atoms. The van der Waals surface area contributed by atoms with Crippen molar-refractivity contribution in [3.05, 3.63) is 30.2 Å². The van der Waals surface area contributed by atoms with Gasteiger partial charge in [0.05, 0.1) is 0 Å². The molecule has 11 heavy (non-hydrogen) atoms. The summed E-state index contributed by atoms with van der Waals surface area (Å²) < 4.78 is 12.7. The van der Waals surface area contributed by atoms with Crippen molar-refractivity contribution >= 4 is 10.9 Å². The Morgan fingerprint density at radius 2 is 2.09 bits per heavy atom. The van der Waals surface area contributed by atoms with E-state index in [9.17, 15) is 4.39 Å². The summed E-state index contributed by atoms with van der Waals surface area (Å²) in [6.07, 6.45) is 1.66. The molecule has 3 heteroatoms. The Kier molecular flexibility index (Phi) is 1.12. The lowest BCUT2D eigenvalue weighted by atomic mass is 10.2. The quantitative estimate of drug-likeness (QED) is 0.593. The summed E-state index contributed by atoms with van der Waals surface area (Å²) in [7, 11) is 0. The molecule has 0 amide bonds. The van der Waals surface area contributed by atoms with Gasteiger partial charge in [0, 0.05) is 17.1 Å². The van der Waals surface area contributed by atoms with Crippen molar-refractivity contribution in [3.8, 4) is 5.75 Å². The van der Waals surface area contributed by atoms with Crippen molar-refractivity contribution in [3.63, 3.8) is 0 Å². The second kappa shape index (κ2) is 1.99. The monoisotopic (exact) mass is 151 g/mol. The van der Waals surface area contributed by atoms with Crippen LogP contribution in [0.2, 0.25) is 0 Å². The number of hydrogen-bond donors (Lipinski definition) is 2. The van der Waals surface area contributed by atoms with Crippen LogP contribution in [0.3, 0.4) is 0 Å². The van der Waals surface area contributed by atoms with Gasteiger partial charge in [-0.1, -0.05) is 0 Å². The maximum absolute atomic E-state index is 12.7. The second-order valence-electron chi connectivity index (χ2n) is 2.33. The number of H-pyrrole nitrogens is 1. The minimum atomic E-state index is -0.586. The Hall–Kier alpha value is -1.51. The fourth-order valence-corrected chi connectivity index (χ4v) is 1.09. The number of rotatable bonds is 0. The Balaban J connectivity index is 2.93. The summed E-state index contributed by atoms with van der Waals surface area (Å²) in [5, 5.41) is 9.67. The Bertz CT molecular complexity index is 394. The first-order chi connectivity index (χ1) is 5.29. The number of aromatic nitrogens is 1. The summed E-state index contributed by atoms with van der Waals surface area (Å²) in [4.78, 5) is 2.86. The number of nitrogens with one attached hydrogen (secondary N) is 1. The Labute approximate surface area is 62.3 Å². The molecule has 0 aliphatic rings.